The van der Waals surface area contributed by atoms with E-state index in [-0.39, 0.29) is 28.7 Å². The van der Waals surface area contributed by atoms with Crippen LogP contribution in [-0.4, -0.2) is 37.6 Å². The molecule has 3 N–H and O–H groups in total. The molecular formula is C25H21ClN4O4S2. The van der Waals surface area contributed by atoms with Gasteiger partial charge in [-0.05, 0) is 79.3 Å². The zero-order chi connectivity index (χ0) is 25.2. The van der Waals surface area contributed by atoms with E-state index < -0.39 is 0 Å². The molecule has 0 atom stereocenters. The first-order chi connectivity index (χ1) is 17.4. The van der Waals surface area contributed by atoms with Crippen molar-refractivity contribution in [1.82, 2.24) is 15.0 Å². The monoisotopic (exact) mass is 540 g/mol. The Hall–Kier alpha value is -3.34. The number of aromatic hydroxyl groups is 2. The van der Waals surface area contributed by atoms with E-state index in [1.54, 1.807) is 46.2 Å². The lowest BCUT2D eigenvalue weighted by molar-refractivity contribution is -0.118. The number of amides is 1. The number of aryl methyl sites for hydroxylation is 2. The number of thiophene rings is 1. The van der Waals surface area contributed by atoms with Crippen molar-refractivity contribution in [2.45, 2.75) is 30.8 Å². The van der Waals surface area contributed by atoms with Crippen molar-refractivity contribution in [3.63, 3.8) is 0 Å². The third-order valence-electron chi connectivity index (χ3n) is 5.78. The topological polar surface area (TPSA) is 117 Å². The van der Waals surface area contributed by atoms with Crippen LogP contribution in [0.5, 0.6) is 11.5 Å². The Balaban J connectivity index is 1.41. The van der Waals surface area contributed by atoms with Crippen LogP contribution in [0.25, 0.3) is 15.9 Å². The van der Waals surface area contributed by atoms with Crippen LogP contribution in [0.2, 0.25) is 5.02 Å². The fraction of sp³-hybridized carbons (Fsp3) is 0.200. The molecule has 0 unspecified atom stereocenters. The van der Waals surface area contributed by atoms with Gasteiger partial charge in [-0.15, -0.1) is 11.3 Å². The van der Waals surface area contributed by atoms with Gasteiger partial charge in [0.2, 0.25) is 0 Å². The number of rotatable bonds is 6. The number of carbonyl (C=O) groups is 1. The third kappa shape index (κ3) is 4.97. The second-order valence-electron chi connectivity index (χ2n) is 8.23. The van der Waals surface area contributed by atoms with E-state index >= 15 is 0 Å². The Morgan fingerprint density at radius 1 is 1.17 bits per heavy atom. The Labute approximate surface area is 219 Å². The lowest BCUT2D eigenvalue weighted by Gasteiger charge is -2.13. The molecule has 0 spiro atoms. The SMILES string of the molecule is O=C(CSc1nc2sc3c(c2c(=O)n1-c1ccc(Cl)cc1)CCCC3)N/N=C/c1ccc(O)c(O)c1. The van der Waals surface area contributed by atoms with Crippen molar-refractivity contribution in [2.24, 2.45) is 5.10 Å². The van der Waals surface area contributed by atoms with Gasteiger partial charge in [-0.2, -0.15) is 5.10 Å². The minimum Gasteiger partial charge on any atom is -0.504 e. The summed E-state index contributed by atoms with van der Waals surface area (Å²) in [6, 6.07) is 11.2. The largest absolute Gasteiger partial charge is 0.504 e. The minimum atomic E-state index is -0.387. The number of phenols is 2. The number of carbonyl (C=O) groups excluding carboxylic acids is 1. The maximum absolute atomic E-state index is 13.7. The molecule has 36 heavy (non-hydrogen) atoms. The van der Waals surface area contributed by atoms with E-state index in [4.69, 9.17) is 16.6 Å². The first-order valence-electron chi connectivity index (χ1n) is 11.2. The number of nitrogens with one attached hydrogen (secondary N) is 1. The molecule has 0 saturated heterocycles. The predicted octanol–water partition coefficient (Wildman–Crippen LogP) is 4.63. The lowest BCUT2D eigenvalue weighted by Crippen LogP contribution is -2.24. The highest BCUT2D eigenvalue weighted by molar-refractivity contribution is 7.99. The van der Waals surface area contributed by atoms with Gasteiger partial charge in [0.15, 0.2) is 16.7 Å². The molecule has 2 aromatic heterocycles. The molecule has 0 bridgehead atoms. The van der Waals surface area contributed by atoms with E-state index in [0.29, 0.717) is 31.6 Å². The molecule has 0 radical (unpaired) electrons. The van der Waals surface area contributed by atoms with Crippen molar-refractivity contribution in [3.05, 3.63) is 73.8 Å². The molecule has 1 aliphatic carbocycles. The molecule has 8 nitrogen and oxygen atoms in total. The zero-order valence-corrected chi connectivity index (χ0v) is 21.3. The number of aromatic nitrogens is 2. The van der Waals surface area contributed by atoms with E-state index in [1.807, 2.05) is 0 Å². The quantitative estimate of drug-likeness (QED) is 0.108. The van der Waals surface area contributed by atoms with Crippen molar-refractivity contribution < 1.29 is 15.0 Å². The van der Waals surface area contributed by atoms with Crippen molar-refractivity contribution in [3.8, 4) is 17.2 Å². The predicted molar refractivity (Wildman–Crippen MR) is 143 cm³/mol. The Morgan fingerprint density at radius 2 is 1.94 bits per heavy atom. The van der Waals surface area contributed by atoms with Crippen LogP contribution < -0.4 is 11.0 Å². The Kier molecular flexibility index (Phi) is 6.99. The number of fused-ring (bicyclic) bond motifs is 3. The molecule has 5 rings (SSSR count). The summed E-state index contributed by atoms with van der Waals surface area (Å²) in [4.78, 5) is 32.9. The summed E-state index contributed by atoms with van der Waals surface area (Å²) in [5.74, 6) is -0.927. The van der Waals surface area contributed by atoms with Crippen LogP contribution >= 0.6 is 34.7 Å². The normalized spacial score (nSPS) is 13.2. The van der Waals surface area contributed by atoms with Gasteiger partial charge in [0.05, 0.1) is 23.0 Å². The fourth-order valence-electron chi connectivity index (χ4n) is 4.06. The highest BCUT2D eigenvalue weighted by Crippen LogP contribution is 2.35. The number of hydrogen-bond donors (Lipinski definition) is 3. The number of nitrogens with zero attached hydrogens (tertiary/aromatic N) is 3. The highest BCUT2D eigenvalue weighted by Gasteiger charge is 2.23. The average molecular weight is 541 g/mol. The van der Waals surface area contributed by atoms with Crippen molar-refractivity contribution >= 4 is 57.0 Å². The maximum atomic E-state index is 13.7. The highest BCUT2D eigenvalue weighted by atomic mass is 35.5. The molecule has 0 saturated carbocycles. The number of hydrazone groups is 1. The van der Waals surface area contributed by atoms with Crippen LogP contribution in [0.3, 0.4) is 0 Å². The van der Waals surface area contributed by atoms with Gasteiger partial charge in [0.1, 0.15) is 4.83 Å². The van der Waals surface area contributed by atoms with Crippen LogP contribution in [0.15, 0.2) is 57.5 Å². The van der Waals surface area contributed by atoms with Gasteiger partial charge in [-0.3, -0.25) is 14.2 Å². The molecule has 184 valence electrons. The molecule has 2 aromatic carbocycles. The summed E-state index contributed by atoms with van der Waals surface area (Å²) in [6.07, 6.45) is 5.35. The number of hydrogen-bond acceptors (Lipinski definition) is 8. The van der Waals surface area contributed by atoms with E-state index in [0.717, 1.165) is 43.0 Å². The standard InChI is InChI=1S/C25H21ClN4O4S2/c26-15-6-8-16(9-7-15)30-24(34)22-17-3-1-2-4-20(17)36-23(22)28-25(30)35-13-21(33)29-27-12-14-5-10-18(31)19(32)11-14/h5-12,31-32H,1-4,13H2,(H,29,33)/b27-12+. The molecular weight excluding hydrogens is 520 g/mol. The number of thioether (sulfide) groups is 1. The fourth-order valence-corrected chi connectivity index (χ4v) is 6.30. The molecule has 1 amide bonds. The van der Waals surface area contributed by atoms with Crippen molar-refractivity contribution in [2.75, 3.05) is 5.75 Å². The van der Waals surface area contributed by atoms with Gasteiger partial charge in [-0.1, -0.05) is 23.4 Å². The van der Waals surface area contributed by atoms with Crippen molar-refractivity contribution in [1.29, 1.82) is 0 Å². The summed E-state index contributed by atoms with van der Waals surface area (Å²) in [5, 5.41) is 24.5. The number of phenolic OH excluding ortho intramolecular Hbond substituents is 2. The van der Waals surface area contributed by atoms with E-state index in [9.17, 15) is 19.8 Å². The molecule has 1 aliphatic rings. The summed E-state index contributed by atoms with van der Waals surface area (Å²) in [6.45, 7) is 0. The summed E-state index contributed by atoms with van der Waals surface area (Å²) in [7, 11) is 0. The first kappa shape index (κ1) is 24.4. The second-order valence-corrected chi connectivity index (χ2v) is 10.7. The Morgan fingerprint density at radius 3 is 2.72 bits per heavy atom. The van der Waals surface area contributed by atoms with Gasteiger partial charge in [0.25, 0.3) is 11.5 Å². The molecule has 2 heterocycles. The van der Waals surface area contributed by atoms with Crippen LogP contribution in [0.4, 0.5) is 0 Å². The van der Waals surface area contributed by atoms with Crippen LogP contribution in [0, 0.1) is 0 Å². The smallest absolute Gasteiger partial charge is 0.267 e. The van der Waals surface area contributed by atoms with Crippen LogP contribution in [-0.2, 0) is 17.6 Å². The summed E-state index contributed by atoms with van der Waals surface area (Å²) < 4.78 is 1.54. The average Bonchev–Trinajstić information content (AvgIpc) is 3.24. The second kappa shape index (κ2) is 10.3. The summed E-state index contributed by atoms with van der Waals surface area (Å²) >= 11 is 8.77. The van der Waals surface area contributed by atoms with E-state index in [1.165, 1.54) is 23.2 Å². The number of halogens is 1. The molecule has 11 heteroatoms. The lowest BCUT2D eigenvalue weighted by atomic mass is 9.97. The minimum absolute atomic E-state index is 0.0191. The molecule has 0 aliphatic heterocycles. The summed E-state index contributed by atoms with van der Waals surface area (Å²) in [5.41, 5.74) is 4.52. The third-order valence-corrected chi connectivity index (χ3v) is 8.15. The first-order valence-corrected chi connectivity index (χ1v) is 13.4. The number of benzene rings is 2. The molecule has 0 fully saturated rings. The maximum Gasteiger partial charge on any atom is 0.267 e. The Bertz CT molecular complexity index is 1550. The van der Waals surface area contributed by atoms with Crippen LogP contribution in [0.1, 0.15) is 28.8 Å². The zero-order valence-electron chi connectivity index (χ0n) is 18.9. The van der Waals surface area contributed by atoms with Gasteiger partial charge >= 0.3 is 0 Å². The molecule has 4 aromatic rings. The van der Waals surface area contributed by atoms with Gasteiger partial charge < -0.3 is 10.2 Å². The van der Waals surface area contributed by atoms with Gasteiger partial charge in [-0.25, -0.2) is 10.4 Å². The van der Waals surface area contributed by atoms with Gasteiger partial charge in [0, 0.05) is 9.90 Å². The van der Waals surface area contributed by atoms with E-state index in [2.05, 4.69) is 10.5 Å².